The number of thioether (sulfide) groups is 1. The Hall–Kier alpha value is -1.53. The van der Waals surface area contributed by atoms with E-state index in [1.807, 2.05) is 0 Å². The van der Waals surface area contributed by atoms with Gasteiger partial charge in [-0.2, -0.15) is 11.8 Å². The number of carbonyl (C=O) groups excluding carboxylic acids is 1. The van der Waals surface area contributed by atoms with Gasteiger partial charge >= 0.3 is 11.9 Å². The molecule has 0 spiro atoms. The third-order valence-corrected chi connectivity index (χ3v) is 3.40. The maximum atomic E-state index is 11.0. The SMILES string of the molecule is COC(=O)C(N)CSCc1ccc(C(=O)O)cc1. The Morgan fingerprint density at radius 1 is 1.39 bits per heavy atom. The van der Waals surface area contributed by atoms with Crippen LogP contribution in [0.2, 0.25) is 0 Å². The van der Waals surface area contributed by atoms with Gasteiger partial charge in [0.05, 0.1) is 12.7 Å². The lowest BCUT2D eigenvalue weighted by molar-refractivity contribution is -0.141. The molecule has 0 radical (unpaired) electrons. The van der Waals surface area contributed by atoms with Crippen LogP contribution in [0, 0.1) is 0 Å². The smallest absolute Gasteiger partial charge is 0.335 e. The zero-order chi connectivity index (χ0) is 13.5. The molecule has 98 valence electrons. The molecular formula is C12H15NO4S. The van der Waals surface area contributed by atoms with E-state index in [0.29, 0.717) is 11.5 Å². The van der Waals surface area contributed by atoms with E-state index in [2.05, 4.69) is 4.74 Å². The second kappa shape index (κ2) is 7.03. The van der Waals surface area contributed by atoms with Crippen LogP contribution < -0.4 is 5.73 Å². The number of hydrogen-bond acceptors (Lipinski definition) is 5. The van der Waals surface area contributed by atoms with Crippen molar-refractivity contribution in [2.45, 2.75) is 11.8 Å². The van der Waals surface area contributed by atoms with Crippen LogP contribution in [0.5, 0.6) is 0 Å². The first-order chi connectivity index (χ1) is 8.54. The molecule has 0 aliphatic rings. The number of carboxylic acid groups (broad SMARTS) is 1. The largest absolute Gasteiger partial charge is 0.478 e. The lowest BCUT2D eigenvalue weighted by Crippen LogP contribution is -2.33. The number of carbonyl (C=O) groups is 2. The van der Waals surface area contributed by atoms with Gasteiger partial charge in [-0.1, -0.05) is 12.1 Å². The van der Waals surface area contributed by atoms with Gasteiger partial charge in [0.1, 0.15) is 6.04 Å². The molecule has 0 saturated carbocycles. The molecule has 1 unspecified atom stereocenters. The summed E-state index contributed by atoms with van der Waals surface area (Å²) in [6, 6.07) is 5.98. The predicted molar refractivity (Wildman–Crippen MR) is 69.6 cm³/mol. The third kappa shape index (κ3) is 4.38. The van der Waals surface area contributed by atoms with E-state index in [1.54, 1.807) is 24.3 Å². The van der Waals surface area contributed by atoms with Crippen molar-refractivity contribution < 1.29 is 19.4 Å². The number of benzene rings is 1. The highest BCUT2D eigenvalue weighted by atomic mass is 32.2. The molecule has 1 aromatic carbocycles. The number of ether oxygens (including phenoxy) is 1. The molecule has 0 heterocycles. The molecule has 0 saturated heterocycles. The molecular weight excluding hydrogens is 254 g/mol. The normalized spacial score (nSPS) is 11.9. The maximum absolute atomic E-state index is 11.0. The second-order valence-electron chi connectivity index (χ2n) is 3.65. The number of aromatic carboxylic acids is 1. The Balaban J connectivity index is 2.40. The van der Waals surface area contributed by atoms with Gasteiger partial charge in [0, 0.05) is 11.5 Å². The number of carboxylic acids is 1. The molecule has 0 amide bonds. The van der Waals surface area contributed by atoms with Crippen LogP contribution in [0.4, 0.5) is 0 Å². The first kappa shape index (κ1) is 14.5. The minimum Gasteiger partial charge on any atom is -0.478 e. The summed E-state index contributed by atoms with van der Waals surface area (Å²) in [5, 5.41) is 8.74. The minimum atomic E-state index is -0.943. The van der Waals surface area contributed by atoms with Crippen molar-refractivity contribution >= 4 is 23.7 Å². The molecule has 0 aliphatic carbocycles. The number of rotatable bonds is 6. The maximum Gasteiger partial charge on any atom is 0.335 e. The Kier molecular flexibility index (Phi) is 5.67. The van der Waals surface area contributed by atoms with Crippen LogP contribution >= 0.6 is 11.8 Å². The Bertz CT molecular complexity index is 419. The predicted octanol–water partition coefficient (Wildman–Crippen LogP) is 1.12. The Morgan fingerprint density at radius 2 is 2.00 bits per heavy atom. The van der Waals surface area contributed by atoms with Gasteiger partial charge in [-0.3, -0.25) is 4.79 Å². The van der Waals surface area contributed by atoms with Crippen LogP contribution in [0.25, 0.3) is 0 Å². The average Bonchev–Trinajstić information content (AvgIpc) is 2.38. The van der Waals surface area contributed by atoms with Gasteiger partial charge in [0.25, 0.3) is 0 Å². The molecule has 1 atom stereocenters. The van der Waals surface area contributed by atoms with Crippen molar-refractivity contribution in [2.24, 2.45) is 5.73 Å². The molecule has 5 nitrogen and oxygen atoms in total. The zero-order valence-corrected chi connectivity index (χ0v) is 10.8. The van der Waals surface area contributed by atoms with Crippen molar-refractivity contribution in [1.82, 2.24) is 0 Å². The van der Waals surface area contributed by atoms with Crippen LogP contribution in [-0.2, 0) is 15.3 Å². The lowest BCUT2D eigenvalue weighted by atomic mass is 10.1. The molecule has 0 bridgehead atoms. The Morgan fingerprint density at radius 3 is 2.50 bits per heavy atom. The standard InChI is InChI=1S/C12H15NO4S/c1-17-12(16)10(13)7-18-6-8-2-4-9(5-3-8)11(14)15/h2-5,10H,6-7,13H2,1H3,(H,14,15). The van der Waals surface area contributed by atoms with E-state index in [0.717, 1.165) is 5.56 Å². The van der Waals surface area contributed by atoms with Crippen LogP contribution in [-0.4, -0.2) is 35.9 Å². The summed E-state index contributed by atoms with van der Waals surface area (Å²) >= 11 is 1.50. The van der Waals surface area contributed by atoms with Gasteiger partial charge in [-0.25, -0.2) is 4.79 Å². The fraction of sp³-hybridized carbons (Fsp3) is 0.333. The first-order valence-electron chi connectivity index (χ1n) is 5.28. The van der Waals surface area contributed by atoms with E-state index in [4.69, 9.17) is 10.8 Å². The van der Waals surface area contributed by atoms with E-state index >= 15 is 0 Å². The third-order valence-electron chi connectivity index (χ3n) is 2.27. The van der Waals surface area contributed by atoms with Crippen molar-refractivity contribution in [3.8, 4) is 0 Å². The second-order valence-corrected chi connectivity index (χ2v) is 4.68. The fourth-order valence-corrected chi connectivity index (χ4v) is 2.20. The summed E-state index contributed by atoms with van der Waals surface area (Å²) in [7, 11) is 1.30. The zero-order valence-electron chi connectivity index (χ0n) is 9.96. The summed E-state index contributed by atoms with van der Waals surface area (Å²) in [5.74, 6) is -0.233. The van der Waals surface area contributed by atoms with Gasteiger partial charge in [0.2, 0.25) is 0 Å². The van der Waals surface area contributed by atoms with Crippen LogP contribution in [0.15, 0.2) is 24.3 Å². The summed E-state index contributed by atoms with van der Waals surface area (Å²) in [4.78, 5) is 21.7. The number of methoxy groups -OCH3 is 1. The van der Waals surface area contributed by atoms with E-state index in [-0.39, 0.29) is 5.56 Å². The summed E-state index contributed by atoms with van der Waals surface area (Å²) in [6.45, 7) is 0. The van der Waals surface area contributed by atoms with Crippen LogP contribution in [0.3, 0.4) is 0 Å². The first-order valence-corrected chi connectivity index (χ1v) is 6.43. The fourth-order valence-electron chi connectivity index (χ4n) is 1.27. The topological polar surface area (TPSA) is 89.6 Å². The molecule has 0 aliphatic heterocycles. The molecule has 0 aromatic heterocycles. The van der Waals surface area contributed by atoms with Gasteiger partial charge < -0.3 is 15.6 Å². The average molecular weight is 269 g/mol. The monoisotopic (exact) mass is 269 g/mol. The number of esters is 1. The van der Waals surface area contributed by atoms with Crippen molar-refractivity contribution in [3.05, 3.63) is 35.4 Å². The quantitative estimate of drug-likeness (QED) is 0.752. The lowest BCUT2D eigenvalue weighted by Gasteiger charge is -2.08. The van der Waals surface area contributed by atoms with E-state index in [9.17, 15) is 9.59 Å². The highest BCUT2D eigenvalue weighted by molar-refractivity contribution is 7.98. The molecule has 3 N–H and O–H groups in total. The molecule has 1 aromatic rings. The highest BCUT2D eigenvalue weighted by Crippen LogP contribution is 2.14. The van der Waals surface area contributed by atoms with Crippen molar-refractivity contribution in [1.29, 1.82) is 0 Å². The summed E-state index contributed by atoms with van der Waals surface area (Å²) < 4.78 is 4.51. The minimum absolute atomic E-state index is 0.259. The van der Waals surface area contributed by atoms with Crippen molar-refractivity contribution in [3.63, 3.8) is 0 Å². The van der Waals surface area contributed by atoms with E-state index in [1.165, 1.54) is 18.9 Å². The molecule has 1 rings (SSSR count). The molecule has 6 heteroatoms. The molecule has 0 fully saturated rings. The van der Waals surface area contributed by atoms with Crippen molar-refractivity contribution in [2.75, 3.05) is 12.9 Å². The van der Waals surface area contributed by atoms with Gasteiger partial charge in [-0.15, -0.1) is 0 Å². The van der Waals surface area contributed by atoms with Gasteiger partial charge in [-0.05, 0) is 17.7 Å². The summed E-state index contributed by atoms with van der Waals surface area (Å²) in [5.41, 5.74) is 6.83. The summed E-state index contributed by atoms with van der Waals surface area (Å²) in [6.07, 6.45) is 0. The highest BCUT2D eigenvalue weighted by Gasteiger charge is 2.13. The van der Waals surface area contributed by atoms with Crippen LogP contribution in [0.1, 0.15) is 15.9 Å². The Labute approximate surface area is 109 Å². The van der Waals surface area contributed by atoms with E-state index < -0.39 is 18.0 Å². The van der Waals surface area contributed by atoms with Gasteiger partial charge in [0.15, 0.2) is 0 Å². The molecule has 18 heavy (non-hydrogen) atoms. The number of nitrogens with two attached hydrogens (primary N) is 1. The number of hydrogen-bond donors (Lipinski definition) is 2.